The van der Waals surface area contributed by atoms with Crippen LogP contribution in [0.3, 0.4) is 0 Å². The Balaban J connectivity index is 2.57. The lowest BCUT2D eigenvalue weighted by molar-refractivity contribution is 0.249. The Morgan fingerprint density at radius 3 is 2.71 bits per heavy atom. The second kappa shape index (κ2) is 5.32. The molecule has 0 aromatic carbocycles. The van der Waals surface area contributed by atoms with Crippen molar-refractivity contribution in [2.24, 2.45) is 5.92 Å². The van der Waals surface area contributed by atoms with Crippen LogP contribution in [0, 0.1) is 5.92 Å². The van der Waals surface area contributed by atoms with Crippen LogP contribution in [0.15, 0.2) is 5.38 Å². The van der Waals surface area contributed by atoms with Gasteiger partial charge in [0.2, 0.25) is 0 Å². The molecule has 1 atom stereocenters. The van der Waals surface area contributed by atoms with Gasteiger partial charge in [-0.2, -0.15) is 0 Å². The highest BCUT2D eigenvalue weighted by molar-refractivity contribution is 7.13. The van der Waals surface area contributed by atoms with E-state index in [2.05, 4.69) is 36.5 Å². The van der Waals surface area contributed by atoms with Crippen molar-refractivity contribution in [3.05, 3.63) is 11.1 Å². The first-order valence-corrected chi connectivity index (χ1v) is 5.87. The van der Waals surface area contributed by atoms with Gasteiger partial charge in [-0.25, -0.2) is 4.98 Å². The molecule has 80 valence electrons. The van der Waals surface area contributed by atoms with Gasteiger partial charge in [0.25, 0.3) is 0 Å². The maximum atomic E-state index is 9.14. The van der Waals surface area contributed by atoms with Crippen LogP contribution in [0.4, 0.5) is 5.13 Å². The molecule has 1 heterocycles. The summed E-state index contributed by atoms with van der Waals surface area (Å²) in [4.78, 5) is 4.40. The Morgan fingerprint density at radius 2 is 2.29 bits per heavy atom. The summed E-state index contributed by atoms with van der Waals surface area (Å²) in [5.74, 6) is 0.411. The Morgan fingerprint density at radius 1 is 1.57 bits per heavy atom. The molecule has 1 rings (SSSR count). The third-order valence-corrected chi connectivity index (χ3v) is 3.05. The SMILES string of the molecule is CCc1csc(N[C@H](CO)C(C)C)n1. The van der Waals surface area contributed by atoms with E-state index in [0.717, 1.165) is 17.2 Å². The predicted molar refractivity (Wildman–Crippen MR) is 60.8 cm³/mol. The molecule has 1 aromatic heterocycles. The normalized spacial score (nSPS) is 13.2. The highest BCUT2D eigenvalue weighted by Crippen LogP contribution is 2.18. The number of hydrogen-bond acceptors (Lipinski definition) is 4. The molecule has 0 aliphatic heterocycles. The van der Waals surface area contributed by atoms with Gasteiger partial charge in [0.05, 0.1) is 18.3 Å². The van der Waals surface area contributed by atoms with Crippen LogP contribution in [-0.2, 0) is 6.42 Å². The molecule has 0 fully saturated rings. The number of aliphatic hydroxyl groups is 1. The Hall–Kier alpha value is -0.610. The summed E-state index contributed by atoms with van der Waals surface area (Å²) >= 11 is 1.60. The second-order valence-electron chi connectivity index (χ2n) is 3.67. The zero-order chi connectivity index (χ0) is 10.6. The maximum Gasteiger partial charge on any atom is 0.183 e. The van der Waals surface area contributed by atoms with Crippen molar-refractivity contribution in [3.63, 3.8) is 0 Å². The molecular weight excluding hydrogens is 196 g/mol. The molecule has 0 saturated heterocycles. The minimum absolute atomic E-state index is 0.103. The molecular formula is C10H18N2OS. The first-order valence-electron chi connectivity index (χ1n) is 4.99. The van der Waals surface area contributed by atoms with E-state index < -0.39 is 0 Å². The lowest BCUT2D eigenvalue weighted by atomic mass is 10.1. The molecule has 0 saturated carbocycles. The van der Waals surface area contributed by atoms with Gasteiger partial charge < -0.3 is 10.4 Å². The van der Waals surface area contributed by atoms with Crippen molar-refractivity contribution in [3.8, 4) is 0 Å². The molecule has 3 nitrogen and oxygen atoms in total. The van der Waals surface area contributed by atoms with Gasteiger partial charge in [0.1, 0.15) is 0 Å². The van der Waals surface area contributed by atoms with E-state index >= 15 is 0 Å². The predicted octanol–water partition coefficient (Wildman–Crippen LogP) is 2.13. The molecule has 0 radical (unpaired) electrons. The molecule has 0 aliphatic rings. The van der Waals surface area contributed by atoms with Crippen LogP contribution in [0.1, 0.15) is 26.5 Å². The van der Waals surface area contributed by atoms with E-state index in [1.54, 1.807) is 11.3 Å². The van der Waals surface area contributed by atoms with E-state index in [-0.39, 0.29) is 12.6 Å². The molecule has 0 bridgehead atoms. The summed E-state index contributed by atoms with van der Waals surface area (Å²) in [5, 5.41) is 15.3. The van der Waals surface area contributed by atoms with Crippen molar-refractivity contribution < 1.29 is 5.11 Å². The van der Waals surface area contributed by atoms with Gasteiger partial charge in [-0.3, -0.25) is 0 Å². The third kappa shape index (κ3) is 2.96. The van der Waals surface area contributed by atoms with Gasteiger partial charge in [0, 0.05) is 5.38 Å². The lowest BCUT2D eigenvalue weighted by Crippen LogP contribution is -2.29. The second-order valence-corrected chi connectivity index (χ2v) is 4.53. The van der Waals surface area contributed by atoms with Crippen molar-refractivity contribution in [2.75, 3.05) is 11.9 Å². The van der Waals surface area contributed by atoms with Crippen LogP contribution >= 0.6 is 11.3 Å². The molecule has 14 heavy (non-hydrogen) atoms. The largest absolute Gasteiger partial charge is 0.394 e. The van der Waals surface area contributed by atoms with Crippen LogP contribution < -0.4 is 5.32 Å². The zero-order valence-corrected chi connectivity index (χ0v) is 9.77. The Bertz CT molecular complexity index is 273. The summed E-state index contributed by atoms with van der Waals surface area (Å²) in [6.45, 7) is 6.41. The number of hydrogen-bond donors (Lipinski definition) is 2. The van der Waals surface area contributed by atoms with Gasteiger partial charge in [0.15, 0.2) is 5.13 Å². The standard InChI is InChI=1S/C10H18N2OS/c1-4-8-6-14-10(11-8)12-9(5-13)7(2)3/h6-7,9,13H,4-5H2,1-3H3,(H,11,12)/t9-/m1/s1. The smallest absolute Gasteiger partial charge is 0.183 e. The van der Waals surface area contributed by atoms with Gasteiger partial charge >= 0.3 is 0 Å². The fourth-order valence-corrected chi connectivity index (χ4v) is 1.97. The van der Waals surface area contributed by atoms with Crippen LogP contribution in [-0.4, -0.2) is 22.7 Å². The quantitative estimate of drug-likeness (QED) is 0.789. The fraction of sp³-hybridized carbons (Fsp3) is 0.700. The maximum absolute atomic E-state index is 9.14. The van der Waals surface area contributed by atoms with Gasteiger partial charge in [-0.05, 0) is 12.3 Å². The zero-order valence-electron chi connectivity index (χ0n) is 8.95. The summed E-state index contributed by atoms with van der Waals surface area (Å²) in [7, 11) is 0. The number of aromatic nitrogens is 1. The number of nitrogens with zero attached hydrogens (tertiary/aromatic N) is 1. The summed E-state index contributed by atoms with van der Waals surface area (Å²) < 4.78 is 0. The van der Waals surface area contributed by atoms with Crippen LogP contribution in [0.25, 0.3) is 0 Å². The van der Waals surface area contributed by atoms with Gasteiger partial charge in [-0.1, -0.05) is 20.8 Å². The van der Waals surface area contributed by atoms with E-state index in [1.807, 2.05) is 0 Å². The lowest BCUT2D eigenvalue weighted by Gasteiger charge is -2.18. The topological polar surface area (TPSA) is 45.1 Å². The Labute approximate surface area is 89.2 Å². The van der Waals surface area contributed by atoms with E-state index in [4.69, 9.17) is 5.11 Å². The van der Waals surface area contributed by atoms with E-state index in [1.165, 1.54) is 0 Å². The Kier molecular flexibility index (Phi) is 4.35. The van der Waals surface area contributed by atoms with Crippen LogP contribution in [0.5, 0.6) is 0 Å². The summed E-state index contributed by atoms with van der Waals surface area (Å²) in [6, 6.07) is 0.103. The minimum Gasteiger partial charge on any atom is -0.394 e. The summed E-state index contributed by atoms with van der Waals surface area (Å²) in [6.07, 6.45) is 0.962. The van der Waals surface area contributed by atoms with Gasteiger partial charge in [-0.15, -0.1) is 11.3 Å². The number of thiazole rings is 1. The summed E-state index contributed by atoms with van der Waals surface area (Å²) in [5.41, 5.74) is 1.11. The highest BCUT2D eigenvalue weighted by atomic mass is 32.1. The molecule has 1 aromatic rings. The third-order valence-electron chi connectivity index (χ3n) is 2.22. The van der Waals surface area contributed by atoms with E-state index in [9.17, 15) is 0 Å². The number of nitrogens with one attached hydrogen (secondary N) is 1. The first kappa shape index (κ1) is 11.5. The number of anilines is 1. The first-order chi connectivity index (χ1) is 6.67. The number of rotatable bonds is 5. The number of aryl methyl sites for hydroxylation is 1. The van der Waals surface area contributed by atoms with Crippen molar-refractivity contribution >= 4 is 16.5 Å². The van der Waals surface area contributed by atoms with Crippen molar-refractivity contribution in [1.82, 2.24) is 4.98 Å². The fourth-order valence-electron chi connectivity index (χ4n) is 1.12. The number of aliphatic hydroxyl groups excluding tert-OH is 1. The average molecular weight is 214 g/mol. The monoisotopic (exact) mass is 214 g/mol. The molecule has 4 heteroatoms. The van der Waals surface area contributed by atoms with Crippen LogP contribution in [0.2, 0.25) is 0 Å². The molecule has 2 N–H and O–H groups in total. The molecule has 0 aliphatic carbocycles. The van der Waals surface area contributed by atoms with Crippen molar-refractivity contribution in [2.45, 2.75) is 33.2 Å². The van der Waals surface area contributed by atoms with Crippen molar-refractivity contribution in [1.29, 1.82) is 0 Å². The van der Waals surface area contributed by atoms with E-state index in [0.29, 0.717) is 5.92 Å². The minimum atomic E-state index is 0.103. The average Bonchev–Trinajstić information content (AvgIpc) is 2.61. The molecule has 0 unspecified atom stereocenters. The molecule has 0 spiro atoms. The molecule has 0 amide bonds. The highest BCUT2D eigenvalue weighted by Gasteiger charge is 2.13.